The molecule has 2 aromatic rings. The molecule has 1 aliphatic rings. The number of carbonyl (C=O) groups excluding carboxylic acids is 1. The van der Waals surface area contributed by atoms with Crippen LogP contribution < -0.4 is 5.32 Å². The van der Waals surface area contributed by atoms with Crippen molar-refractivity contribution in [3.05, 3.63) is 47.5 Å². The second kappa shape index (κ2) is 3.17. The van der Waals surface area contributed by atoms with E-state index in [1.165, 1.54) is 0 Å². The number of nitrogens with zero attached hydrogens (tertiary/aromatic N) is 1. The van der Waals surface area contributed by atoms with E-state index in [-0.39, 0.29) is 5.91 Å². The van der Waals surface area contributed by atoms with Crippen molar-refractivity contribution in [3.63, 3.8) is 0 Å². The highest BCUT2D eigenvalue weighted by molar-refractivity contribution is 6.26. The van der Waals surface area contributed by atoms with Gasteiger partial charge in [-0.25, -0.2) is 0 Å². The molecule has 0 saturated carbocycles. The summed E-state index contributed by atoms with van der Waals surface area (Å²) >= 11 is 0. The highest BCUT2D eigenvalue weighted by atomic mass is 16.1. The molecule has 0 bridgehead atoms. The van der Waals surface area contributed by atoms with E-state index in [0.717, 1.165) is 21.9 Å². The molecule has 3 rings (SSSR count). The Morgan fingerprint density at radius 3 is 2.44 bits per heavy atom. The lowest BCUT2D eigenvalue weighted by atomic mass is 9.95. The van der Waals surface area contributed by atoms with E-state index in [4.69, 9.17) is 0 Å². The quantitative estimate of drug-likeness (QED) is 0.709. The summed E-state index contributed by atoms with van der Waals surface area (Å²) in [6, 6.07) is 11.7. The third kappa shape index (κ3) is 1.08. The third-order valence-electron chi connectivity index (χ3n) is 2.86. The summed E-state index contributed by atoms with van der Waals surface area (Å²) in [4.78, 5) is 16.0. The smallest absolute Gasteiger partial charge is 0.257 e. The van der Waals surface area contributed by atoms with E-state index >= 15 is 0 Å². The second-order valence-corrected chi connectivity index (χ2v) is 3.74. The fourth-order valence-corrected chi connectivity index (χ4v) is 2.15. The molecule has 0 fully saturated rings. The first-order chi connectivity index (χ1) is 7.81. The largest absolute Gasteiger partial charge is 0.306 e. The van der Waals surface area contributed by atoms with Crippen molar-refractivity contribution < 1.29 is 4.79 Å². The van der Waals surface area contributed by atoms with Crippen LogP contribution in [-0.2, 0) is 0 Å². The zero-order valence-corrected chi connectivity index (χ0v) is 8.82. The Morgan fingerprint density at radius 1 is 1.06 bits per heavy atom. The Kier molecular flexibility index (Phi) is 1.80. The van der Waals surface area contributed by atoms with Crippen molar-refractivity contribution in [1.29, 1.82) is 0 Å². The molecule has 3 heteroatoms. The molecule has 3 nitrogen and oxygen atoms in total. The first-order valence-corrected chi connectivity index (χ1v) is 5.11. The van der Waals surface area contributed by atoms with Crippen LogP contribution in [0.25, 0.3) is 10.8 Å². The predicted molar refractivity (Wildman–Crippen MR) is 63.9 cm³/mol. The van der Waals surface area contributed by atoms with Gasteiger partial charge in [0, 0.05) is 23.6 Å². The first-order valence-electron chi connectivity index (χ1n) is 5.11. The summed E-state index contributed by atoms with van der Waals surface area (Å²) in [5, 5.41) is 4.86. The average Bonchev–Trinajstić information content (AvgIpc) is 2.33. The Labute approximate surface area is 92.8 Å². The summed E-state index contributed by atoms with van der Waals surface area (Å²) in [6.07, 6.45) is 0. The predicted octanol–water partition coefficient (Wildman–Crippen LogP) is 1.96. The first kappa shape index (κ1) is 9.09. The van der Waals surface area contributed by atoms with Crippen LogP contribution in [0.4, 0.5) is 0 Å². The summed E-state index contributed by atoms with van der Waals surface area (Å²) in [5.74, 6) is 0.569. The van der Waals surface area contributed by atoms with Crippen LogP contribution in [0.3, 0.4) is 0 Å². The highest BCUT2D eigenvalue weighted by Gasteiger charge is 2.22. The van der Waals surface area contributed by atoms with E-state index in [1.807, 2.05) is 36.4 Å². The molecule has 0 saturated heterocycles. The zero-order valence-electron chi connectivity index (χ0n) is 8.82. The van der Waals surface area contributed by atoms with E-state index in [9.17, 15) is 4.79 Å². The van der Waals surface area contributed by atoms with Gasteiger partial charge in [0.05, 0.1) is 0 Å². The fourth-order valence-electron chi connectivity index (χ4n) is 2.15. The lowest BCUT2D eigenvalue weighted by Gasteiger charge is -2.18. The number of amides is 1. The third-order valence-corrected chi connectivity index (χ3v) is 2.86. The number of rotatable bonds is 0. The molecule has 0 spiro atoms. The van der Waals surface area contributed by atoms with Gasteiger partial charge in [0.2, 0.25) is 0 Å². The van der Waals surface area contributed by atoms with Crippen molar-refractivity contribution in [2.24, 2.45) is 4.99 Å². The SMILES string of the molecule is CN=C1NC(=O)c2cccc3cccc1c23. The molecule has 78 valence electrons. The number of benzene rings is 2. The van der Waals surface area contributed by atoms with E-state index in [1.54, 1.807) is 7.05 Å². The minimum Gasteiger partial charge on any atom is -0.306 e. The molecule has 1 amide bonds. The van der Waals surface area contributed by atoms with Crippen molar-refractivity contribution in [3.8, 4) is 0 Å². The summed E-state index contributed by atoms with van der Waals surface area (Å²) < 4.78 is 0. The molecule has 0 radical (unpaired) electrons. The maximum Gasteiger partial charge on any atom is 0.257 e. The second-order valence-electron chi connectivity index (χ2n) is 3.74. The number of amidine groups is 1. The van der Waals surface area contributed by atoms with Crippen LogP contribution in [-0.4, -0.2) is 18.8 Å². The molecule has 1 N–H and O–H groups in total. The lowest BCUT2D eigenvalue weighted by molar-refractivity contribution is 0.0977. The van der Waals surface area contributed by atoms with E-state index in [2.05, 4.69) is 10.3 Å². The average molecular weight is 210 g/mol. The molecule has 2 aromatic carbocycles. The molecule has 0 aromatic heterocycles. The molecule has 1 heterocycles. The van der Waals surface area contributed by atoms with Gasteiger partial charge in [-0.15, -0.1) is 0 Å². The van der Waals surface area contributed by atoms with Gasteiger partial charge in [0.25, 0.3) is 5.91 Å². The van der Waals surface area contributed by atoms with Gasteiger partial charge in [0.15, 0.2) is 0 Å². The van der Waals surface area contributed by atoms with Gasteiger partial charge in [0.1, 0.15) is 5.84 Å². The molecular formula is C13H10N2O. The number of nitrogens with one attached hydrogen (secondary N) is 1. The fraction of sp³-hybridized carbons (Fsp3) is 0.0769. The van der Waals surface area contributed by atoms with Crippen LogP contribution in [0, 0.1) is 0 Å². The van der Waals surface area contributed by atoms with Gasteiger partial charge in [-0.2, -0.15) is 0 Å². The zero-order chi connectivity index (χ0) is 11.1. The van der Waals surface area contributed by atoms with Gasteiger partial charge in [-0.1, -0.05) is 30.3 Å². The number of carbonyl (C=O) groups is 1. The molecule has 16 heavy (non-hydrogen) atoms. The van der Waals surface area contributed by atoms with Crippen molar-refractivity contribution in [1.82, 2.24) is 5.32 Å². The maximum atomic E-state index is 11.8. The number of hydrogen-bond acceptors (Lipinski definition) is 2. The minimum atomic E-state index is -0.0788. The lowest BCUT2D eigenvalue weighted by Crippen LogP contribution is -2.35. The van der Waals surface area contributed by atoms with Crippen molar-refractivity contribution in [2.45, 2.75) is 0 Å². The number of hydrogen-bond donors (Lipinski definition) is 1. The summed E-state index contributed by atoms with van der Waals surface area (Å²) in [5.41, 5.74) is 1.72. The molecule has 0 atom stereocenters. The van der Waals surface area contributed by atoms with Crippen LogP contribution in [0.15, 0.2) is 41.4 Å². The van der Waals surface area contributed by atoms with Crippen LogP contribution in [0.5, 0.6) is 0 Å². The van der Waals surface area contributed by atoms with Gasteiger partial charge >= 0.3 is 0 Å². The van der Waals surface area contributed by atoms with Crippen LogP contribution >= 0.6 is 0 Å². The van der Waals surface area contributed by atoms with Gasteiger partial charge < -0.3 is 5.32 Å². The summed E-state index contributed by atoms with van der Waals surface area (Å²) in [7, 11) is 1.68. The Bertz CT molecular complexity index is 624. The van der Waals surface area contributed by atoms with E-state index < -0.39 is 0 Å². The molecule has 1 aliphatic heterocycles. The normalized spacial score (nSPS) is 16.6. The van der Waals surface area contributed by atoms with Crippen molar-refractivity contribution in [2.75, 3.05) is 7.05 Å². The Hall–Kier alpha value is -2.16. The van der Waals surface area contributed by atoms with Gasteiger partial charge in [-0.05, 0) is 11.5 Å². The van der Waals surface area contributed by atoms with Crippen LogP contribution in [0.2, 0.25) is 0 Å². The standard InChI is InChI=1S/C13H10N2O/c1-14-12-9-6-2-4-8-5-3-7-10(11(8)9)13(16)15-12/h2-7H,1H3,(H,14,15,16). The molecule has 0 unspecified atom stereocenters. The van der Waals surface area contributed by atoms with Gasteiger partial charge in [-0.3, -0.25) is 9.79 Å². The highest BCUT2D eigenvalue weighted by Crippen LogP contribution is 2.26. The monoisotopic (exact) mass is 210 g/mol. The minimum absolute atomic E-state index is 0.0788. The Balaban J connectivity index is 2.52. The Morgan fingerprint density at radius 2 is 1.75 bits per heavy atom. The molecular weight excluding hydrogens is 200 g/mol. The van der Waals surface area contributed by atoms with E-state index in [0.29, 0.717) is 5.84 Å². The number of aliphatic imine (C=N–C) groups is 1. The van der Waals surface area contributed by atoms with Crippen molar-refractivity contribution >= 4 is 22.5 Å². The van der Waals surface area contributed by atoms with Crippen LogP contribution in [0.1, 0.15) is 15.9 Å². The maximum absolute atomic E-state index is 11.8. The summed E-state index contributed by atoms with van der Waals surface area (Å²) in [6.45, 7) is 0. The topological polar surface area (TPSA) is 41.5 Å². The molecule has 0 aliphatic carbocycles.